The Balaban J connectivity index is 1.47. The third kappa shape index (κ3) is 3.33. The molecule has 6 heteroatoms. The number of carbonyl (C=O) groups is 2. The molecule has 2 heterocycles. The van der Waals surface area contributed by atoms with Gasteiger partial charge in [-0.2, -0.15) is 0 Å². The molecule has 1 amide bonds. The van der Waals surface area contributed by atoms with E-state index in [1.54, 1.807) is 24.3 Å². The van der Waals surface area contributed by atoms with E-state index < -0.39 is 11.7 Å². The monoisotopic (exact) mass is 377 g/mol. The zero-order valence-electron chi connectivity index (χ0n) is 16.1. The number of Topliss-reactive ketones (excluding diaryl/α,β-unsaturated/α-hetero) is 1. The fraction of sp³-hybridized carbons (Fsp3) is 0.273. The standard InChI is InChI=1S/C22H23N3O3/c1-15-4-3-5-16(12-15)24-8-10-25(11-9-24)22(27)21(26)19-14-23-20-7-6-17(28-2)13-18(19)20/h3-7,12-14,23H,8-11H2,1-2H3. The van der Waals surface area contributed by atoms with Crippen LogP contribution in [0.1, 0.15) is 15.9 Å². The number of piperazine rings is 1. The second kappa shape index (κ2) is 7.38. The third-order valence-electron chi connectivity index (χ3n) is 5.26. The molecule has 1 fully saturated rings. The molecule has 0 unspecified atom stereocenters. The largest absolute Gasteiger partial charge is 0.497 e. The van der Waals surface area contributed by atoms with Crippen molar-refractivity contribution in [3.8, 4) is 5.75 Å². The molecule has 0 saturated carbocycles. The Hall–Kier alpha value is -3.28. The first-order valence-corrected chi connectivity index (χ1v) is 9.37. The van der Waals surface area contributed by atoms with Crippen molar-refractivity contribution in [2.75, 3.05) is 38.2 Å². The van der Waals surface area contributed by atoms with Crippen LogP contribution in [-0.4, -0.2) is 54.9 Å². The second-order valence-electron chi connectivity index (χ2n) is 7.06. The quantitative estimate of drug-likeness (QED) is 0.561. The van der Waals surface area contributed by atoms with Gasteiger partial charge >= 0.3 is 0 Å². The number of anilines is 1. The average molecular weight is 377 g/mol. The highest BCUT2D eigenvalue weighted by molar-refractivity contribution is 6.44. The lowest BCUT2D eigenvalue weighted by Gasteiger charge is -2.35. The van der Waals surface area contributed by atoms with Crippen molar-refractivity contribution in [3.63, 3.8) is 0 Å². The molecule has 0 spiro atoms. The summed E-state index contributed by atoms with van der Waals surface area (Å²) in [4.78, 5) is 32.6. The molecule has 144 valence electrons. The van der Waals surface area contributed by atoms with E-state index >= 15 is 0 Å². The number of fused-ring (bicyclic) bond motifs is 1. The summed E-state index contributed by atoms with van der Waals surface area (Å²) < 4.78 is 5.24. The topological polar surface area (TPSA) is 65.6 Å². The third-order valence-corrected chi connectivity index (χ3v) is 5.26. The number of ether oxygens (including phenoxy) is 1. The number of aryl methyl sites for hydroxylation is 1. The van der Waals surface area contributed by atoms with Gasteiger partial charge in [0.2, 0.25) is 0 Å². The van der Waals surface area contributed by atoms with E-state index in [0.717, 1.165) is 11.2 Å². The van der Waals surface area contributed by atoms with Crippen LogP contribution in [0, 0.1) is 6.92 Å². The van der Waals surface area contributed by atoms with Gasteiger partial charge in [-0.05, 0) is 42.8 Å². The van der Waals surface area contributed by atoms with E-state index in [9.17, 15) is 9.59 Å². The molecule has 1 aliphatic rings. The summed E-state index contributed by atoms with van der Waals surface area (Å²) in [5.41, 5.74) is 3.56. The van der Waals surface area contributed by atoms with E-state index in [2.05, 4.69) is 35.0 Å². The molecule has 3 aromatic rings. The molecular formula is C22H23N3O3. The summed E-state index contributed by atoms with van der Waals surface area (Å²) in [5.74, 6) is -0.281. The highest BCUT2D eigenvalue weighted by atomic mass is 16.5. The van der Waals surface area contributed by atoms with Crippen LogP contribution in [0.15, 0.2) is 48.7 Å². The number of nitrogens with one attached hydrogen (secondary N) is 1. The highest BCUT2D eigenvalue weighted by Gasteiger charge is 2.28. The van der Waals surface area contributed by atoms with Crippen molar-refractivity contribution in [1.29, 1.82) is 0 Å². The lowest BCUT2D eigenvalue weighted by molar-refractivity contribution is -0.126. The number of aromatic nitrogens is 1. The number of hydrogen-bond donors (Lipinski definition) is 1. The normalized spacial score (nSPS) is 14.4. The molecule has 4 rings (SSSR count). The van der Waals surface area contributed by atoms with Gasteiger partial charge in [0.15, 0.2) is 0 Å². The first-order valence-electron chi connectivity index (χ1n) is 9.37. The highest BCUT2D eigenvalue weighted by Crippen LogP contribution is 2.25. The minimum atomic E-state index is -0.483. The maximum atomic E-state index is 12.8. The predicted molar refractivity (Wildman–Crippen MR) is 109 cm³/mol. The van der Waals surface area contributed by atoms with Crippen LogP contribution < -0.4 is 9.64 Å². The van der Waals surface area contributed by atoms with Gasteiger partial charge in [-0.1, -0.05) is 12.1 Å². The molecule has 0 bridgehead atoms. The average Bonchev–Trinajstić information content (AvgIpc) is 3.16. The molecule has 0 radical (unpaired) electrons. The number of hydrogen-bond acceptors (Lipinski definition) is 4. The number of nitrogens with zero attached hydrogens (tertiary/aromatic N) is 2. The number of aromatic amines is 1. The number of amides is 1. The number of H-pyrrole nitrogens is 1. The van der Waals surface area contributed by atoms with Crippen LogP contribution in [0.25, 0.3) is 10.9 Å². The molecule has 1 saturated heterocycles. The summed E-state index contributed by atoms with van der Waals surface area (Å²) in [6, 6.07) is 13.8. The van der Waals surface area contributed by atoms with Gasteiger partial charge in [-0.3, -0.25) is 9.59 Å². The number of ketones is 1. The molecule has 2 aromatic carbocycles. The van der Waals surface area contributed by atoms with Gasteiger partial charge < -0.3 is 19.5 Å². The Morgan fingerprint density at radius 2 is 1.82 bits per heavy atom. The predicted octanol–water partition coefficient (Wildman–Crippen LogP) is 3.02. The Morgan fingerprint density at radius 1 is 1.04 bits per heavy atom. The van der Waals surface area contributed by atoms with E-state index in [1.165, 1.54) is 5.56 Å². The van der Waals surface area contributed by atoms with E-state index in [0.29, 0.717) is 42.9 Å². The Morgan fingerprint density at radius 3 is 2.54 bits per heavy atom. The fourth-order valence-corrected chi connectivity index (χ4v) is 3.67. The molecule has 6 nitrogen and oxygen atoms in total. The van der Waals surface area contributed by atoms with E-state index in [4.69, 9.17) is 4.74 Å². The Labute approximate surface area is 163 Å². The number of rotatable bonds is 4. The Bertz CT molecular complexity index is 1030. The van der Waals surface area contributed by atoms with Crippen molar-refractivity contribution in [3.05, 3.63) is 59.8 Å². The lowest BCUT2D eigenvalue weighted by Crippen LogP contribution is -2.50. The molecule has 0 aliphatic carbocycles. The minimum Gasteiger partial charge on any atom is -0.497 e. The fourth-order valence-electron chi connectivity index (χ4n) is 3.67. The smallest absolute Gasteiger partial charge is 0.295 e. The summed E-state index contributed by atoms with van der Waals surface area (Å²) in [7, 11) is 1.58. The van der Waals surface area contributed by atoms with Crippen LogP contribution >= 0.6 is 0 Å². The second-order valence-corrected chi connectivity index (χ2v) is 7.06. The van der Waals surface area contributed by atoms with E-state index in [-0.39, 0.29) is 0 Å². The maximum Gasteiger partial charge on any atom is 0.295 e. The van der Waals surface area contributed by atoms with Crippen LogP contribution in [0.3, 0.4) is 0 Å². The van der Waals surface area contributed by atoms with Crippen molar-refractivity contribution in [2.45, 2.75) is 6.92 Å². The lowest BCUT2D eigenvalue weighted by atomic mass is 10.1. The number of benzene rings is 2. The SMILES string of the molecule is COc1ccc2[nH]cc(C(=O)C(=O)N3CCN(c4cccc(C)c4)CC3)c2c1. The number of carbonyl (C=O) groups excluding carboxylic acids is 2. The van der Waals surface area contributed by atoms with Crippen LogP contribution in [0.2, 0.25) is 0 Å². The van der Waals surface area contributed by atoms with Gasteiger partial charge in [-0.25, -0.2) is 0 Å². The molecule has 1 aromatic heterocycles. The van der Waals surface area contributed by atoms with Crippen molar-refractivity contribution >= 4 is 28.3 Å². The van der Waals surface area contributed by atoms with Gasteiger partial charge in [-0.15, -0.1) is 0 Å². The summed E-state index contributed by atoms with van der Waals surface area (Å²) in [6.07, 6.45) is 1.60. The van der Waals surface area contributed by atoms with Gasteiger partial charge in [0, 0.05) is 49.0 Å². The number of methoxy groups -OCH3 is 1. The minimum absolute atomic E-state index is 0.389. The van der Waals surface area contributed by atoms with Crippen molar-refractivity contribution < 1.29 is 14.3 Å². The van der Waals surface area contributed by atoms with E-state index in [1.807, 2.05) is 18.2 Å². The first kappa shape index (κ1) is 18.1. The first-order chi connectivity index (χ1) is 13.6. The van der Waals surface area contributed by atoms with Crippen LogP contribution in [0.5, 0.6) is 5.75 Å². The van der Waals surface area contributed by atoms with Crippen molar-refractivity contribution in [1.82, 2.24) is 9.88 Å². The Kier molecular flexibility index (Phi) is 4.77. The van der Waals surface area contributed by atoms with Crippen LogP contribution in [0.4, 0.5) is 5.69 Å². The van der Waals surface area contributed by atoms with Gasteiger partial charge in [0.05, 0.1) is 12.7 Å². The molecule has 1 N–H and O–H groups in total. The van der Waals surface area contributed by atoms with Crippen molar-refractivity contribution in [2.24, 2.45) is 0 Å². The summed E-state index contributed by atoms with van der Waals surface area (Å²) >= 11 is 0. The molecule has 1 aliphatic heterocycles. The van der Waals surface area contributed by atoms with Crippen LogP contribution in [-0.2, 0) is 4.79 Å². The maximum absolute atomic E-state index is 12.8. The summed E-state index contributed by atoms with van der Waals surface area (Å²) in [6.45, 7) is 4.56. The summed E-state index contributed by atoms with van der Waals surface area (Å²) in [5, 5.41) is 0.705. The van der Waals surface area contributed by atoms with Gasteiger partial charge in [0.1, 0.15) is 5.75 Å². The zero-order chi connectivity index (χ0) is 19.7. The zero-order valence-corrected chi connectivity index (χ0v) is 16.1. The molecule has 0 atom stereocenters. The van der Waals surface area contributed by atoms with Gasteiger partial charge in [0.25, 0.3) is 11.7 Å². The molecule has 28 heavy (non-hydrogen) atoms. The molecular weight excluding hydrogens is 354 g/mol.